The zero-order valence-corrected chi connectivity index (χ0v) is 14.5. The van der Waals surface area contributed by atoms with Gasteiger partial charge in [-0.25, -0.2) is 4.79 Å². The number of carbonyl (C=O) groups is 1. The van der Waals surface area contributed by atoms with Crippen molar-refractivity contribution in [1.29, 1.82) is 0 Å². The Morgan fingerprint density at radius 1 is 1.18 bits per heavy atom. The Hall–Kier alpha value is -1.81. The van der Waals surface area contributed by atoms with Crippen molar-refractivity contribution in [2.24, 2.45) is 5.92 Å². The summed E-state index contributed by atoms with van der Waals surface area (Å²) in [6.07, 6.45) is 0. The van der Waals surface area contributed by atoms with Crippen LogP contribution in [0, 0.1) is 12.8 Å². The SMILES string of the molecule is Cc1cccc(OC(=O)c2ccc(OCC(C)C)c(Br)c2)c1. The fourth-order valence-electron chi connectivity index (χ4n) is 1.85. The first-order valence-corrected chi connectivity index (χ1v) is 7.96. The number of rotatable bonds is 5. The summed E-state index contributed by atoms with van der Waals surface area (Å²) >= 11 is 3.43. The number of benzene rings is 2. The van der Waals surface area contributed by atoms with Crippen LogP contribution in [-0.4, -0.2) is 12.6 Å². The van der Waals surface area contributed by atoms with Crippen molar-refractivity contribution in [3.63, 3.8) is 0 Å². The second kappa shape index (κ2) is 7.45. The molecule has 0 aliphatic carbocycles. The lowest BCUT2D eigenvalue weighted by atomic mass is 10.2. The Morgan fingerprint density at radius 3 is 2.59 bits per heavy atom. The summed E-state index contributed by atoms with van der Waals surface area (Å²) in [4.78, 5) is 12.2. The average Bonchev–Trinajstić information content (AvgIpc) is 2.45. The molecule has 0 fully saturated rings. The molecule has 0 aliphatic heterocycles. The molecule has 22 heavy (non-hydrogen) atoms. The summed E-state index contributed by atoms with van der Waals surface area (Å²) in [5, 5.41) is 0. The molecular weight excluding hydrogens is 344 g/mol. The van der Waals surface area contributed by atoms with Crippen LogP contribution in [0.2, 0.25) is 0 Å². The van der Waals surface area contributed by atoms with Crippen molar-refractivity contribution in [2.45, 2.75) is 20.8 Å². The molecule has 0 amide bonds. The van der Waals surface area contributed by atoms with E-state index in [-0.39, 0.29) is 5.97 Å². The predicted octanol–water partition coefficient (Wildman–Crippen LogP) is 5.01. The molecule has 0 aromatic heterocycles. The second-order valence-electron chi connectivity index (χ2n) is 5.56. The van der Waals surface area contributed by atoms with Crippen molar-refractivity contribution in [3.8, 4) is 11.5 Å². The van der Waals surface area contributed by atoms with Gasteiger partial charge in [-0.05, 0) is 64.7 Å². The maximum atomic E-state index is 12.2. The van der Waals surface area contributed by atoms with E-state index >= 15 is 0 Å². The lowest BCUT2D eigenvalue weighted by Gasteiger charge is -2.11. The summed E-state index contributed by atoms with van der Waals surface area (Å²) in [7, 11) is 0. The van der Waals surface area contributed by atoms with E-state index in [0.717, 1.165) is 15.8 Å². The highest BCUT2D eigenvalue weighted by atomic mass is 79.9. The first-order chi connectivity index (χ1) is 10.5. The minimum atomic E-state index is -0.387. The Bertz CT molecular complexity index is 665. The topological polar surface area (TPSA) is 35.5 Å². The van der Waals surface area contributed by atoms with Gasteiger partial charge in [-0.1, -0.05) is 26.0 Å². The molecule has 0 N–H and O–H groups in total. The largest absolute Gasteiger partial charge is 0.492 e. The minimum Gasteiger partial charge on any atom is -0.492 e. The molecule has 2 rings (SSSR count). The molecule has 0 atom stereocenters. The van der Waals surface area contributed by atoms with Gasteiger partial charge >= 0.3 is 5.97 Å². The number of esters is 1. The fourth-order valence-corrected chi connectivity index (χ4v) is 2.34. The van der Waals surface area contributed by atoms with E-state index in [0.29, 0.717) is 23.8 Å². The molecule has 0 spiro atoms. The van der Waals surface area contributed by atoms with Gasteiger partial charge in [0.05, 0.1) is 16.6 Å². The third-order valence-electron chi connectivity index (χ3n) is 2.94. The Labute approximate surface area is 139 Å². The zero-order chi connectivity index (χ0) is 16.1. The van der Waals surface area contributed by atoms with E-state index in [1.165, 1.54) is 0 Å². The molecule has 116 valence electrons. The van der Waals surface area contributed by atoms with Gasteiger partial charge in [0.15, 0.2) is 0 Å². The van der Waals surface area contributed by atoms with Gasteiger partial charge < -0.3 is 9.47 Å². The van der Waals surface area contributed by atoms with Crippen molar-refractivity contribution in [2.75, 3.05) is 6.61 Å². The molecule has 2 aromatic rings. The van der Waals surface area contributed by atoms with Gasteiger partial charge in [0.1, 0.15) is 11.5 Å². The van der Waals surface area contributed by atoms with Gasteiger partial charge in [0.25, 0.3) is 0 Å². The highest BCUT2D eigenvalue weighted by Gasteiger charge is 2.12. The molecule has 2 aromatic carbocycles. The Kier molecular flexibility index (Phi) is 5.61. The molecule has 0 heterocycles. The average molecular weight is 363 g/mol. The van der Waals surface area contributed by atoms with Gasteiger partial charge in [-0.15, -0.1) is 0 Å². The smallest absolute Gasteiger partial charge is 0.343 e. The van der Waals surface area contributed by atoms with Gasteiger partial charge in [0, 0.05) is 0 Å². The predicted molar refractivity (Wildman–Crippen MR) is 90.6 cm³/mol. The van der Waals surface area contributed by atoms with E-state index in [1.807, 2.05) is 25.1 Å². The third kappa shape index (κ3) is 4.60. The van der Waals surface area contributed by atoms with Crippen LogP contribution in [-0.2, 0) is 0 Å². The van der Waals surface area contributed by atoms with Crippen LogP contribution in [0.15, 0.2) is 46.9 Å². The first-order valence-electron chi connectivity index (χ1n) is 7.17. The minimum absolute atomic E-state index is 0.387. The van der Waals surface area contributed by atoms with E-state index in [9.17, 15) is 4.79 Å². The van der Waals surface area contributed by atoms with Crippen LogP contribution in [0.25, 0.3) is 0 Å². The zero-order valence-electron chi connectivity index (χ0n) is 12.9. The first kappa shape index (κ1) is 16.6. The molecule has 0 unspecified atom stereocenters. The number of carbonyl (C=O) groups excluding carboxylic acids is 1. The maximum absolute atomic E-state index is 12.2. The molecule has 0 saturated carbocycles. The molecule has 0 radical (unpaired) electrons. The molecule has 0 bridgehead atoms. The lowest BCUT2D eigenvalue weighted by Crippen LogP contribution is -2.09. The maximum Gasteiger partial charge on any atom is 0.343 e. The lowest BCUT2D eigenvalue weighted by molar-refractivity contribution is 0.0734. The third-order valence-corrected chi connectivity index (χ3v) is 3.56. The second-order valence-corrected chi connectivity index (χ2v) is 6.41. The standard InChI is InChI=1S/C18H19BrO3/c1-12(2)11-21-17-8-7-14(10-16(17)19)18(20)22-15-6-4-5-13(3)9-15/h4-10,12H,11H2,1-3H3. The number of aryl methyl sites for hydroxylation is 1. The van der Waals surface area contributed by atoms with E-state index in [1.54, 1.807) is 24.3 Å². The van der Waals surface area contributed by atoms with Crippen molar-refractivity contribution >= 4 is 21.9 Å². The van der Waals surface area contributed by atoms with E-state index < -0.39 is 0 Å². The number of hydrogen-bond donors (Lipinski definition) is 0. The van der Waals surface area contributed by atoms with Crippen LogP contribution in [0.4, 0.5) is 0 Å². The van der Waals surface area contributed by atoms with Crippen LogP contribution >= 0.6 is 15.9 Å². The number of hydrogen-bond acceptors (Lipinski definition) is 3. The fraction of sp³-hybridized carbons (Fsp3) is 0.278. The van der Waals surface area contributed by atoms with Crippen molar-refractivity contribution in [1.82, 2.24) is 0 Å². The summed E-state index contributed by atoms with van der Waals surface area (Å²) in [6.45, 7) is 6.75. The highest BCUT2D eigenvalue weighted by molar-refractivity contribution is 9.10. The van der Waals surface area contributed by atoms with Gasteiger partial charge in [-0.3, -0.25) is 0 Å². The summed E-state index contributed by atoms with van der Waals surface area (Å²) in [6, 6.07) is 12.6. The van der Waals surface area contributed by atoms with Gasteiger partial charge in [-0.2, -0.15) is 0 Å². The van der Waals surface area contributed by atoms with E-state index in [2.05, 4.69) is 29.8 Å². The van der Waals surface area contributed by atoms with Crippen molar-refractivity contribution < 1.29 is 14.3 Å². The molecule has 0 aliphatic rings. The highest BCUT2D eigenvalue weighted by Crippen LogP contribution is 2.27. The Morgan fingerprint density at radius 2 is 1.95 bits per heavy atom. The van der Waals surface area contributed by atoms with Crippen LogP contribution in [0.1, 0.15) is 29.8 Å². The quantitative estimate of drug-likeness (QED) is 0.553. The van der Waals surface area contributed by atoms with E-state index in [4.69, 9.17) is 9.47 Å². The molecule has 0 saturated heterocycles. The number of ether oxygens (including phenoxy) is 2. The summed E-state index contributed by atoms with van der Waals surface area (Å²) < 4.78 is 11.8. The number of halogens is 1. The van der Waals surface area contributed by atoms with Crippen molar-refractivity contribution in [3.05, 3.63) is 58.1 Å². The van der Waals surface area contributed by atoms with Gasteiger partial charge in [0.2, 0.25) is 0 Å². The molecular formula is C18H19BrO3. The normalized spacial score (nSPS) is 10.6. The molecule has 3 nitrogen and oxygen atoms in total. The summed E-state index contributed by atoms with van der Waals surface area (Å²) in [5.41, 5.74) is 1.52. The van der Waals surface area contributed by atoms with Crippen LogP contribution < -0.4 is 9.47 Å². The van der Waals surface area contributed by atoms with Crippen LogP contribution in [0.3, 0.4) is 0 Å². The molecule has 4 heteroatoms. The monoisotopic (exact) mass is 362 g/mol. The summed E-state index contributed by atoms with van der Waals surface area (Å²) in [5.74, 6) is 1.32. The van der Waals surface area contributed by atoms with Crippen LogP contribution in [0.5, 0.6) is 11.5 Å². The Balaban J connectivity index is 2.09.